The van der Waals surface area contributed by atoms with Crippen molar-refractivity contribution in [2.75, 3.05) is 13.7 Å². The van der Waals surface area contributed by atoms with E-state index in [1.165, 1.54) is 21.9 Å². The van der Waals surface area contributed by atoms with Gasteiger partial charge >= 0.3 is 0 Å². The Bertz CT molecular complexity index is 767. The monoisotopic (exact) mass is 305 g/mol. The van der Waals surface area contributed by atoms with Gasteiger partial charge in [0.1, 0.15) is 5.75 Å². The fourth-order valence-electron chi connectivity index (χ4n) is 3.11. The SMILES string of the molecule is CCOc1ccc2ccccc2c1[C@@H](Cc1ccccc1)NC. The Morgan fingerprint density at radius 2 is 1.65 bits per heavy atom. The average molecular weight is 305 g/mol. The Hall–Kier alpha value is -2.32. The first-order chi connectivity index (χ1) is 11.3. The molecule has 3 rings (SSSR count). The first-order valence-corrected chi connectivity index (χ1v) is 8.19. The van der Waals surface area contributed by atoms with Crippen LogP contribution in [0.1, 0.15) is 24.1 Å². The number of fused-ring (bicyclic) bond motifs is 1. The molecule has 0 amide bonds. The molecule has 118 valence electrons. The van der Waals surface area contributed by atoms with E-state index in [0.29, 0.717) is 6.61 Å². The molecule has 23 heavy (non-hydrogen) atoms. The number of ether oxygens (including phenoxy) is 1. The van der Waals surface area contributed by atoms with Gasteiger partial charge in [-0.1, -0.05) is 60.7 Å². The molecule has 0 saturated heterocycles. The van der Waals surface area contributed by atoms with Crippen molar-refractivity contribution in [3.8, 4) is 5.75 Å². The minimum atomic E-state index is 0.213. The lowest BCUT2D eigenvalue weighted by Crippen LogP contribution is -2.20. The number of hydrogen-bond acceptors (Lipinski definition) is 2. The summed E-state index contributed by atoms with van der Waals surface area (Å²) in [7, 11) is 2.02. The van der Waals surface area contributed by atoms with E-state index in [4.69, 9.17) is 4.74 Å². The third-order valence-electron chi connectivity index (χ3n) is 4.21. The summed E-state index contributed by atoms with van der Waals surface area (Å²) < 4.78 is 5.93. The molecule has 3 aromatic rings. The van der Waals surface area contributed by atoms with Gasteiger partial charge in [0, 0.05) is 11.6 Å². The first-order valence-electron chi connectivity index (χ1n) is 8.19. The normalized spacial score (nSPS) is 12.3. The van der Waals surface area contributed by atoms with Crippen LogP contribution >= 0.6 is 0 Å². The quantitative estimate of drug-likeness (QED) is 0.710. The van der Waals surface area contributed by atoms with Gasteiger partial charge in [0.25, 0.3) is 0 Å². The standard InChI is InChI=1S/C21H23NO/c1-3-23-20-14-13-17-11-7-8-12-18(17)21(20)19(22-2)15-16-9-5-4-6-10-16/h4-14,19,22H,3,15H2,1-2H3/t19-/m1/s1. The molecule has 3 aromatic carbocycles. The zero-order valence-electron chi connectivity index (χ0n) is 13.8. The van der Waals surface area contributed by atoms with E-state index in [1.54, 1.807) is 0 Å². The Kier molecular flexibility index (Phi) is 4.94. The molecule has 0 aliphatic carbocycles. The van der Waals surface area contributed by atoms with Crippen LogP contribution in [0.25, 0.3) is 10.8 Å². The number of nitrogens with one attached hydrogen (secondary N) is 1. The summed E-state index contributed by atoms with van der Waals surface area (Å²) in [5.41, 5.74) is 2.57. The van der Waals surface area contributed by atoms with E-state index < -0.39 is 0 Å². The summed E-state index contributed by atoms with van der Waals surface area (Å²) in [5, 5.41) is 5.99. The molecule has 0 aliphatic heterocycles. The van der Waals surface area contributed by atoms with Gasteiger partial charge in [0.05, 0.1) is 6.61 Å². The van der Waals surface area contributed by atoms with E-state index >= 15 is 0 Å². The number of rotatable bonds is 6. The molecule has 0 aromatic heterocycles. The van der Waals surface area contributed by atoms with Crippen LogP contribution in [0.2, 0.25) is 0 Å². The third-order valence-corrected chi connectivity index (χ3v) is 4.21. The fraction of sp³-hybridized carbons (Fsp3) is 0.238. The molecule has 1 N–H and O–H groups in total. The highest BCUT2D eigenvalue weighted by molar-refractivity contribution is 5.88. The smallest absolute Gasteiger partial charge is 0.124 e. The molecule has 0 unspecified atom stereocenters. The van der Waals surface area contributed by atoms with Crippen molar-refractivity contribution < 1.29 is 4.74 Å². The highest BCUT2D eigenvalue weighted by Gasteiger charge is 2.18. The Morgan fingerprint density at radius 1 is 0.913 bits per heavy atom. The van der Waals surface area contributed by atoms with Crippen molar-refractivity contribution in [1.82, 2.24) is 5.32 Å². The largest absolute Gasteiger partial charge is 0.494 e. The van der Waals surface area contributed by atoms with E-state index in [1.807, 2.05) is 14.0 Å². The van der Waals surface area contributed by atoms with Crippen LogP contribution < -0.4 is 10.1 Å². The van der Waals surface area contributed by atoms with Crippen molar-refractivity contribution in [2.24, 2.45) is 0 Å². The van der Waals surface area contributed by atoms with Crippen molar-refractivity contribution in [1.29, 1.82) is 0 Å². The second kappa shape index (κ2) is 7.30. The van der Waals surface area contributed by atoms with Gasteiger partial charge in [0.15, 0.2) is 0 Å². The molecule has 0 heterocycles. The van der Waals surface area contributed by atoms with Crippen LogP contribution in [0.4, 0.5) is 0 Å². The molecular formula is C21H23NO. The van der Waals surface area contributed by atoms with E-state index in [2.05, 4.69) is 72.0 Å². The number of likely N-dealkylation sites (N-methyl/N-ethyl adjacent to an activating group) is 1. The van der Waals surface area contributed by atoms with E-state index in [9.17, 15) is 0 Å². The topological polar surface area (TPSA) is 21.3 Å². The number of hydrogen-bond donors (Lipinski definition) is 1. The van der Waals surface area contributed by atoms with Gasteiger partial charge in [0.2, 0.25) is 0 Å². The minimum Gasteiger partial charge on any atom is -0.494 e. The molecule has 0 spiro atoms. The Morgan fingerprint density at radius 3 is 2.39 bits per heavy atom. The zero-order valence-corrected chi connectivity index (χ0v) is 13.8. The minimum absolute atomic E-state index is 0.213. The highest BCUT2D eigenvalue weighted by atomic mass is 16.5. The molecular weight excluding hydrogens is 282 g/mol. The molecule has 2 heteroatoms. The maximum absolute atomic E-state index is 5.93. The van der Waals surface area contributed by atoms with Crippen LogP contribution in [0.5, 0.6) is 5.75 Å². The number of benzene rings is 3. The molecule has 1 atom stereocenters. The zero-order chi connectivity index (χ0) is 16.1. The lowest BCUT2D eigenvalue weighted by Gasteiger charge is -2.22. The maximum atomic E-state index is 5.93. The van der Waals surface area contributed by atoms with Crippen LogP contribution in [0, 0.1) is 0 Å². The predicted molar refractivity (Wildman–Crippen MR) is 97.1 cm³/mol. The summed E-state index contributed by atoms with van der Waals surface area (Å²) in [6.07, 6.45) is 0.936. The maximum Gasteiger partial charge on any atom is 0.124 e. The Balaban J connectivity index is 2.08. The average Bonchev–Trinajstić information content (AvgIpc) is 2.61. The lowest BCUT2D eigenvalue weighted by molar-refractivity contribution is 0.333. The molecule has 0 saturated carbocycles. The van der Waals surface area contributed by atoms with Crippen LogP contribution in [-0.4, -0.2) is 13.7 Å². The predicted octanol–water partition coefficient (Wildman–Crippen LogP) is 4.74. The van der Waals surface area contributed by atoms with Crippen molar-refractivity contribution >= 4 is 10.8 Å². The van der Waals surface area contributed by atoms with E-state index in [0.717, 1.165) is 12.2 Å². The molecule has 0 aliphatic rings. The van der Waals surface area contributed by atoms with Crippen LogP contribution in [0.3, 0.4) is 0 Å². The Labute approximate surface area is 138 Å². The fourth-order valence-corrected chi connectivity index (χ4v) is 3.11. The van der Waals surface area contributed by atoms with Gasteiger partial charge in [-0.15, -0.1) is 0 Å². The van der Waals surface area contributed by atoms with Crippen LogP contribution in [0.15, 0.2) is 66.7 Å². The second-order valence-electron chi connectivity index (χ2n) is 5.66. The van der Waals surface area contributed by atoms with Crippen molar-refractivity contribution in [2.45, 2.75) is 19.4 Å². The van der Waals surface area contributed by atoms with Gasteiger partial charge < -0.3 is 10.1 Å². The molecule has 0 radical (unpaired) electrons. The van der Waals surface area contributed by atoms with E-state index in [-0.39, 0.29) is 6.04 Å². The first kappa shape index (κ1) is 15.6. The summed E-state index contributed by atoms with van der Waals surface area (Å²) >= 11 is 0. The van der Waals surface area contributed by atoms with Crippen molar-refractivity contribution in [3.63, 3.8) is 0 Å². The highest BCUT2D eigenvalue weighted by Crippen LogP contribution is 2.34. The van der Waals surface area contributed by atoms with Gasteiger partial charge in [-0.25, -0.2) is 0 Å². The molecule has 2 nitrogen and oxygen atoms in total. The summed E-state index contributed by atoms with van der Waals surface area (Å²) in [6, 6.07) is 23.6. The van der Waals surface area contributed by atoms with Gasteiger partial charge in [-0.05, 0) is 42.8 Å². The van der Waals surface area contributed by atoms with Crippen molar-refractivity contribution in [3.05, 3.63) is 77.9 Å². The van der Waals surface area contributed by atoms with Gasteiger partial charge in [-0.3, -0.25) is 0 Å². The lowest BCUT2D eigenvalue weighted by atomic mass is 9.93. The molecule has 0 bridgehead atoms. The van der Waals surface area contributed by atoms with Crippen LogP contribution in [-0.2, 0) is 6.42 Å². The summed E-state index contributed by atoms with van der Waals surface area (Å²) in [5.74, 6) is 0.974. The summed E-state index contributed by atoms with van der Waals surface area (Å²) in [6.45, 7) is 2.71. The molecule has 0 fully saturated rings. The van der Waals surface area contributed by atoms with Gasteiger partial charge in [-0.2, -0.15) is 0 Å². The third kappa shape index (κ3) is 3.38. The second-order valence-corrected chi connectivity index (χ2v) is 5.66. The summed E-state index contributed by atoms with van der Waals surface area (Å²) in [4.78, 5) is 0.